The fourth-order valence-corrected chi connectivity index (χ4v) is 3.22. The maximum atomic E-state index is 13.5. The van der Waals surface area contributed by atoms with Gasteiger partial charge in [-0.25, -0.2) is 14.4 Å². The van der Waals surface area contributed by atoms with Gasteiger partial charge in [-0.2, -0.15) is 0 Å². The lowest BCUT2D eigenvalue weighted by Crippen LogP contribution is -2.14. The summed E-state index contributed by atoms with van der Waals surface area (Å²) in [6, 6.07) is 7.82. The van der Waals surface area contributed by atoms with E-state index in [4.69, 9.17) is 16.3 Å². The van der Waals surface area contributed by atoms with Gasteiger partial charge in [-0.15, -0.1) is 0 Å². The Hall–Kier alpha value is -3.41. The van der Waals surface area contributed by atoms with Crippen LogP contribution >= 0.6 is 11.6 Å². The third-order valence-electron chi connectivity index (χ3n) is 4.94. The molecule has 3 aromatic rings. The summed E-state index contributed by atoms with van der Waals surface area (Å²) >= 11 is 5.90. The summed E-state index contributed by atoms with van der Waals surface area (Å²) in [4.78, 5) is 23.0. The number of carbonyl (C=O) groups excluding carboxylic acids is 1. The Kier molecular flexibility index (Phi) is 6.92. The Labute approximate surface area is 196 Å². The third-order valence-corrected chi connectivity index (χ3v) is 5.23. The molecule has 1 heterocycles. The second kappa shape index (κ2) is 10.0. The van der Waals surface area contributed by atoms with Crippen molar-refractivity contribution in [1.29, 1.82) is 0 Å². The first-order valence-electron chi connectivity index (χ1n) is 10.5. The first-order valence-corrected chi connectivity index (χ1v) is 10.8. The zero-order chi connectivity index (χ0) is 23.4. The lowest BCUT2D eigenvalue weighted by Gasteiger charge is -2.14. The van der Waals surface area contributed by atoms with E-state index in [1.807, 2.05) is 19.0 Å². The number of rotatable bonds is 7. The summed E-state index contributed by atoms with van der Waals surface area (Å²) in [6.45, 7) is 1.04. The van der Waals surface area contributed by atoms with Crippen LogP contribution in [-0.2, 0) is 4.79 Å². The van der Waals surface area contributed by atoms with Crippen LogP contribution in [-0.4, -0.2) is 48.0 Å². The summed E-state index contributed by atoms with van der Waals surface area (Å²) in [7, 11) is 3.76. The van der Waals surface area contributed by atoms with Gasteiger partial charge in [-0.1, -0.05) is 17.5 Å². The van der Waals surface area contributed by atoms with E-state index >= 15 is 0 Å². The first kappa shape index (κ1) is 22.8. The summed E-state index contributed by atoms with van der Waals surface area (Å²) in [5, 5.41) is 6.60. The van der Waals surface area contributed by atoms with E-state index in [9.17, 15) is 9.18 Å². The molecule has 1 amide bonds. The molecule has 2 N–H and O–H groups in total. The van der Waals surface area contributed by atoms with Crippen molar-refractivity contribution in [2.75, 3.05) is 37.9 Å². The molecule has 0 unspecified atom stereocenters. The van der Waals surface area contributed by atoms with Crippen molar-refractivity contribution in [3.63, 3.8) is 0 Å². The molecule has 0 atom stereocenters. The minimum Gasteiger partial charge on any atom is -0.491 e. The number of hydrogen-bond donors (Lipinski definition) is 2. The Bertz CT molecular complexity index is 1250. The Balaban J connectivity index is 1.67. The number of carbonyl (C=O) groups is 1. The van der Waals surface area contributed by atoms with E-state index in [1.165, 1.54) is 18.5 Å². The molecule has 0 spiro atoms. The zero-order valence-corrected chi connectivity index (χ0v) is 19.0. The van der Waals surface area contributed by atoms with Gasteiger partial charge in [0.25, 0.3) is 5.91 Å². The lowest BCUT2D eigenvalue weighted by molar-refractivity contribution is -0.111. The number of nitrogens with one attached hydrogen (secondary N) is 2. The summed E-state index contributed by atoms with van der Waals surface area (Å²) in [5.41, 5.74) is 1.67. The molecule has 1 aromatic heterocycles. The average molecular weight is 468 g/mol. The number of amides is 1. The molecular formula is C24H23ClFN5O2. The number of hydrogen-bond acceptors (Lipinski definition) is 6. The molecule has 0 bridgehead atoms. The summed E-state index contributed by atoms with van der Waals surface area (Å²) in [6.07, 6.45) is 3.70. The zero-order valence-electron chi connectivity index (χ0n) is 18.3. The molecule has 1 aliphatic carbocycles. The van der Waals surface area contributed by atoms with Crippen LogP contribution in [0.25, 0.3) is 10.9 Å². The molecule has 0 radical (unpaired) electrons. The molecule has 1 fully saturated rings. The maximum Gasteiger partial charge on any atom is 0.300 e. The average Bonchev–Trinajstić information content (AvgIpc) is 3.59. The molecule has 2 aromatic carbocycles. The van der Waals surface area contributed by atoms with Crippen molar-refractivity contribution < 1.29 is 13.9 Å². The molecule has 33 heavy (non-hydrogen) atoms. The van der Waals surface area contributed by atoms with Crippen molar-refractivity contribution in [1.82, 2.24) is 14.9 Å². The van der Waals surface area contributed by atoms with E-state index < -0.39 is 11.7 Å². The van der Waals surface area contributed by atoms with Crippen molar-refractivity contribution in [3.05, 3.63) is 47.5 Å². The minimum atomic E-state index is -0.507. The third kappa shape index (κ3) is 6.09. The molecule has 9 heteroatoms. The van der Waals surface area contributed by atoms with Gasteiger partial charge in [0.1, 0.15) is 23.7 Å². The van der Waals surface area contributed by atoms with Gasteiger partial charge in [0, 0.05) is 17.1 Å². The Morgan fingerprint density at radius 2 is 2.09 bits per heavy atom. The van der Waals surface area contributed by atoms with Crippen LogP contribution in [0.4, 0.5) is 21.6 Å². The van der Waals surface area contributed by atoms with Crippen LogP contribution in [0, 0.1) is 23.6 Å². The Morgan fingerprint density at radius 3 is 2.82 bits per heavy atom. The van der Waals surface area contributed by atoms with Gasteiger partial charge in [0.05, 0.1) is 29.4 Å². The van der Waals surface area contributed by atoms with Crippen LogP contribution in [0.1, 0.15) is 12.8 Å². The van der Waals surface area contributed by atoms with Crippen LogP contribution in [0.3, 0.4) is 0 Å². The minimum absolute atomic E-state index is 0.00150. The van der Waals surface area contributed by atoms with Crippen LogP contribution in [0.5, 0.6) is 5.75 Å². The second-order valence-electron chi connectivity index (χ2n) is 8.09. The maximum absolute atomic E-state index is 13.5. The molecule has 7 nitrogen and oxygen atoms in total. The van der Waals surface area contributed by atoms with E-state index in [0.29, 0.717) is 52.9 Å². The first-order chi connectivity index (χ1) is 15.9. The monoisotopic (exact) mass is 467 g/mol. The highest BCUT2D eigenvalue weighted by molar-refractivity contribution is 6.31. The van der Waals surface area contributed by atoms with Gasteiger partial charge in [0.2, 0.25) is 0 Å². The number of halogens is 2. The highest BCUT2D eigenvalue weighted by atomic mass is 35.5. The number of ether oxygens (including phenoxy) is 1. The number of aromatic nitrogens is 2. The van der Waals surface area contributed by atoms with Crippen molar-refractivity contribution in [3.8, 4) is 17.6 Å². The van der Waals surface area contributed by atoms with E-state index in [2.05, 4.69) is 32.4 Å². The predicted octanol–water partition coefficient (Wildman–Crippen LogP) is 4.46. The molecule has 170 valence electrons. The largest absolute Gasteiger partial charge is 0.491 e. The SMILES string of the molecule is CN(C)CC#CC(=O)Nc1cc2c(Nc3ccc(F)c(Cl)c3)ncnc2cc1OCC1CC1. The van der Waals surface area contributed by atoms with Crippen LogP contribution in [0.15, 0.2) is 36.7 Å². The number of anilines is 3. The molecule has 1 aliphatic rings. The summed E-state index contributed by atoms with van der Waals surface area (Å²) in [5.74, 6) is 5.99. The number of benzene rings is 2. The van der Waals surface area contributed by atoms with Crippen molar-refractivity contribution >= 4 is 45.6 Å². The molecular weight excluding hydrogens is 445 g/mol. The van der Waals surface area contributed by atoms with Crippen LogP contribution in [0.2, 0.25) is 5.02 Å². The smallest absolute Gasteiger partial charge is 0.300 e. The van der Waals surface area contributed by atoms with Gasteiger partial charge in [0.15, 0.2) is 0 Å². The van der Waals surface area contributed by atoms with Gasteiger partial charge < -0.3 is 15.4 Å². The van der Waals surface area contributed by atoms with Gasteiger partial charge >= 0.3 is 0 Å². The van der Waals surface area contributed by atoms with Crippen LogP contribution < -0.4 is 15.4 Å². The fourth-order valence-electron chi connectivity index (χ4n) is 3.03. The van der Waals surface area contributed by atoms with Crippen molar-refractivity contribution in [2.45, 2.75) is 12.8 Å². The Morgan fingerprint density at radius 1 is 1.27 bits per heavy atom. The number of nitrogens with zero attached hydrogens (tertiary/aromatic N) is 3. The normalized spacial score (nSPS) is 12.9. The van der Waals surface area contributed by atoms with E-state index in [-0.39, 0.29) is 5.02 Å². The molecule has 1 saturated carbocycles. The highest BCUT2D eigenvalue weighted by Gasteiger charge is 2.23. The van der Waals surface area contributed by atoms with Crippen molar-refractivity contribution in [2.24, 2.45) is 5.92 Å². The molecule has 4 rings (SSSR count). The second-order valence-corrected chi connectivity index (χ2v) is 8.50. The molecule has 0 aliphatic heterocycles. The molecule has 0 saturated heterocycles. The topological polar surface area (TPSA) is 79.4 Å². The summed E-state index contributed by atoms with van der Waals surface area (Å²) < 4.78 is 19.5. The highest BCUT2D eigenvalue weighted by Crippen LogP contribution is 2.36. The predicted molar refractivity (Wildman–Crippen MR) is 127 cm³/mol. The quantitative estimate of drug-likeness (QED) is 0.499. The van der Waals surface area contributed by atoms with E-state index in [0.717, 1.165) is 12.8 Å². The standard InChI is InChI=1S/C24H23ClFN5O2/c1-31(2)9-3-4-23(32)30-21-11-17-20(12-22(21)33-13-15-5-6-15)27-14-28-24(17)29-16-7-8-19(26)18(25)10-16/h7-8,10-12,14-15H,5-6,9,13H2,1-2H3,(H,30,32)(H,27,28,29). The number of fused-ring (bicyclic) bond motifs is 1. The van der Waals surface area contributed by atoms with Gasteiger partial charge in [-0.05, 0) is 63.0 Å². The lowest BCUT2D eigenvalue weighted by atomic mass is 10.1. The van der Waals surface area contributed by atoms with E-state index in [1.54, 1.807) is 18.2 Å². The fraction of sp³-hybridized carbons (Fsp3) is 0.292. The van der Waals surface area contributed by atoms with Gasteiger partial charge in [-0.3, -0.25) is 9.69 Å².